The first-order chi connectivity index (χ1) is 8.83. The van der Waals surface area contributed by atoms with E-state index in [0.717, 1.165) is 25.2 Å². The number of nitrogens with zero attached hydrogens (tertiary/aromatic N) is 1. The minimum absolute atomic E-state index is 0. The van der Waals surface area contributed by atoms with Gasteiger partial charge >= 0.3 is 0 Å². The van der Waals surface area contributed by atoms with Crippen molar-refractivity contribution in [3.63, 3.8) is 0 Å². The summed E-state index contributed by atoms with van der Waals surface area (Å²) in [5, 5.41) is 3.39. The van der Waals surface area contributed by atoms with Gasteiger partial charge < -0.3 is 10.2 Å². The maximum atomic E-state index is 12.9. The Labute approximate surface area is 130 Å². The molecule has 0 atom stereocenters. The van der Waals surface area contributed by atoms with Crippen molar-refractivity contribution in [2.24, 2.45) is 0 Å². The van der Waals surface area contributed by atoms with Crippen LogP contribution in [0.3, 0.4) is 0 Å². The third-order valence-electron chi connectivity index (χ3n) is 3.23. The van der Waals surface area contributed by atoms with E-state index in [1.165, 1.54) is 23.5 Å². The molecule has 0 aliphatic carbocycles. The summed E-state index contributed by atoms with van der Waals surface area (Å²) in [6, 6.07) is 15.0. The molecule has 0 saturated heterocycles. The third kappa shape index (κ3) is 3.56. The van der Waals surface area contributed by atoms with Gasteiger partial charge in [-0.1, -0.05) is 24.3 Å². The molecule has 0 bridgehead atoms. The molecule has 0 amide bonds. The lowest BCUT2D eigenvalue weighted by Gasteiger charge is -2.32. The quantitative estimate of drug-likeness (QED) is 0.897. The van der Waals surface area contributed by atoms with Crippen molar-refractivity contribution in [1.82, 2.24) is 0 Å². The molecule has 1 aliphatic rings. The van der Waals surface area contributed by atoms with Gasteiger partial charge in [0, 0.05) is 19.6 Å². The van der Waals surface area contributed by atoms with Crippen molar-refractivity contribution in [2.45, 2.75) is 6.54 Å². The molecule has 0 saturated carbocycles. The summed E-state index contributed by atoms with van der Waals surface area (Å²) < 4.78 is 12.9. The zero-order valence-corrected chi connectivity index (χ0v) is 12.5. The molecule has 3 rings (SSSR count). The van der Waals surface area contributed by atoms with Crippen LogP contribution in [-0.2, 0) is 6.54 Å². The second-order valence-corrected chi connectivity index (χ2v) is 4.49. The summed E-state index contributed by atoms with van der Waals surface area (Å²) in [4.78, 5) is 2.32. The molecule has 20 heavy (non-hydrogen) atoms. The minimum atomic E-state index is -0.181. The second-order valence-electron chi connectivity index (χ2n) is 4.49. The van der Waals surface area contributed by atoms with Crippen LogP contribution in [0.15, 0.2) is 48.5 Å². The van der Waals surface area contributed by atoms with Gasteiger partial charge in [-0.15, -0.1) is 24.8 Å². The number of nitrogens with one attached hydrogen (secondary N) is 1. The largest absolute Gasteiger partial charge is 0.382 e. The number of anilines is 2. The second kappa shape index (κ2) is 7.36. The lowest BCUT2D eigenvalue weighted by atomic mass is 10.1. The molecule has 0 fully saturated rings. The van der Waals surface area contributed by atoms with Gasteiger partial charge in [0.1, 0.15) is 5.82 Å². The maximum Gasteiger partial charge on any atom is 0.123 e. The monoisotopic (exact) mass is 314 g/mol. The Hall–Kier alpha value is -1.45. The Morgan fingerprint density at radius 2 is 1.70 bits per heavy atom. The third-order valence-corrected chi connectivity index (χ3v) is 3.23. The molecular formula is C15H17Cl2FN2. The first kappa shape index (κ1) is 16.6. The van der Waals surface area contributed by atoms with Gasteiger partial charge in [-0.2, -0.15) is 0 Å². The lowest BCUT2D eigenvalue weighted by Crippen LogP contribution is -2.33. The predicted molar refractivity (Wildman–Crippen MR) is 86.9 cm³/mol. The number of benzene rings is 2. The molecule has 0 unspecified atom stereocenters. The molecule has 2 aromatic rings. The van der Waals surface area contributed by atoms with Gasteiger partial charge in [0.05, 0.1) is 11.4 Å². The van der Waals surface area contributed by atoms with E-state index in [1.54, 1.807) is 0 Å². The van der Waals surface area contributed by atoms with Crippen LogP contribution in [0.5, 0.6) is 0 Å². The summed E-state index contributed by atoms with van der Waals surface area (Å²) >= 11 is 0. The maximum absolute atomic E-state index is 12.9. The van der Waals surface area contributed by atoms with E-state index in [0.29, 0.717) is 0 Å². The van der Waals surface area contributed by atoms with Crippen LogP contribution in [0.25, 0.3) is 0 Å². The van der Waals surface area contributed by atoms with Gasteiger partial charge in [-0.3, -0.25) is 0 Å². The van der Waals surface area contributed by atoms with E-state index in [9.17, 15) is 4.39 Å². The van der Waals surface area contributed by atoms with Crippen molar-refractivity contribution in [1.29, 1.82) is 0 Å². The first-order valence-corrected chi connectivity index (χ1v) is 6.15. The smallest absolute Gasteiger partial charge is 0.123 e. The summed E-state index contributed by atoms with van der Waals surface area (Å²) in [6.45, 7) is 2.73. The highest BCUT2D eigenvalue weighted by Gasteiger charge is 2.15. The molecular weight excluding hydrogens is 298 g/mol. The number of hydrogen-bond donors (Lipinski definition) is 1. The molecule has 0 spiro atoms. The van der Waals surface area contributed by atoms with Crippen LogP contribution >= 0.6 is 24.8 Å². The highest BCUT2D eigenvalue weighted by molar-refractivity contribution is 5.85. The first-order valence-electron chi connectivity index (χ1n) is 6.15. The van der Waals surface area contributed by atoms with Crippen LogP contribution in [-0.4, -0.2) is 13.1 Å². The number of halogens is 3. The molecule has 5 heteroatoms. The van der Waals surface area contributed by atoms with Crippen molar-refractivity contribution in [3.05, 3.63) is 59.9 Å². The van der Waals surface area contributed by atoms with E-state index in [1.807, 2.05) is 24.3 Å². The fraction of sp³-hybridized carbons (Fsp3) is 0.200. The highest BCUT2D eigenvalue weighted by Crippen LogP contribution is 2.29. The highest BCUT2D eigenvalue weighted by atomic mass is 35.5. The standard InChI is InChI=1S/C15H15FN2.2ClH/c16-13-7-5-12(6-8-13)11-18-10-9-17-14-3-1-2-4-15(14)18;;/h1-8,17H,9-11H2;2*1H. The number of rotatable bonds is 2. The van der Waals surface area contributed by atoms with Crippen molar-refractivity contribution in [2.75, 3.05) is 23.3 Å². The van der Waals surface area contributed by atoms with Gasteiger partial charge in [-0.25, -0.2) is 4.39 Å². The molecule has 2 nitrogen and oxygen atoms in total. The van der Waals surface area contributed by atoms with Gasteiger partial charge in [0.15, 0.2) is 0 Å². The van der Waals surface area contributed by atoms with Crippen molar-refractivity contribution in [3.8, 4) is 0 Å². The van der Waals surface area contributed by atoms with Crippen LogP contribution in [0, 0.1) is 5.82 Å². The number of hydrogen-bond acceptors (Lipinski definition) is 2. The van der Waals surface area contributed by atoms with Gasteiger partial charge in [-0.05, 0) is 29.8 Å². The lowest BCUT2D eigenvalue weighted by molar-refractivity contribution is 0.626. The summed E-state index contributed by atoms with van der Waals surface area (Å²) in [5.74, 6) is -0.181. The number of fused-ring (bicyclic) bond motifs is 1. The Bertz CT molecular complexity index is 546. The number of para-hydroxylation sites is 2. The van der Waals surface area contributed by atoms with Crippen molar-refractivity contribution >= 4 is 36.2 Å². The average molecular weight is 315 g/mol. The molecule has 108 valence electrons. The summed E-state index contributed by atoms with van der Waals surface area (Å²) in [7, 11) is 0. The molecule has 1 aliphatic heterocycles. The Morgan fingerprint density at radius 1 is 1.00 bits per heavy atom. The fourth-order valence-electron chi connectivity index (χ4n) is 2.32. The van der Waals surface area contributed by atoms with Crippen LogP contribution in [0.2, 0.25) is 0 Å². The Kier molecular flexibility index (Phi) is 6.11. The van der Waals surface area contributed by atoms with Gasteiger partial charge in [0.2, 0.25) is 0 Å². The predicted octanol–water partition coefficient (Wildman–Crippen LogP) is 4.10. The Balaban J connectivity index is 0.000001000. The minimum Gasteiger partial charge on any atom is -0.382 e. The van der Waals surface area contributed by atoms with E-state index in [-0.39, 0.29) is 30.6 Å². The SMILES string of the molecule is Cl.Cl.Fc1ccc(CN2CCNc3ccccc32)cc1. The topological polar surface area (TPSA) is 15.3 Å². The van der Waals surface area contributed by atoms with Crippen LogP contribution in [0.4, 0.5) is 15.8 Å². The summed E-state index contributed by atoms with van der Waals surface area (Å²) in [5.41, 5.74) is 3.52. The van der Waals surface area contributed by atoms with E-state index in [2.05, 4.69) is 22.3 Å². The van der Waals surface area contributed by atoms with E-state index < -0.39 is 0 Å². The molecule has 0 radical (unpaired) electrons. The molecule has 0 aromatic heterocycles. The molecule has 2 aromatic carbocycles. The fourth-order valence-corrected chi connectivity index (χ4v) is 2.32. The van der Waals surface area contributed by atoms with Crippen molar-refractivity contribution < 1.29 is 4.39 Å². The zero-order chi connectivity index (χ0) is 12.4. The summed E-state index contributed by atoms with van der Waals surface area (Å²) in [6.07, 6.45) is 0. The van der Waals surface area contributed by atoms with Crippen LogP contribution in [0.1, 0.15) is 5.56 Å². The molecule has 1 N–H and O–H groups in total. The van der Waals surface area contributed by atoms with Crippen LogP contribution < -0.4 is 10.2 Å². The normalized spacial score (nSPS) is 12.6. The van der Waals surface area contributed by atoms with E-state index in [4.69, 9.17) is 0 Å². The average Bonchev–Trinajstić information content (AvgIpc) is 2.42. The van der Waals surface area contributed by atoms with E-state index >= 15 is 0 Å². The zero-order valence-electron chi connectivity index (χ0n) is 10.9. The molecule has 1 heterocycles. The van der Waals surface area contributed by atoms with Gasteiger partial charge in [0.25, 0.3) is 0 Å². The Morgan fingerprint density at radius 3 is 2.45 bits per heavy atom.